The number of H-pyrrole nitrogens is 3. The molecule has 1 atom stereocenters. The van der Waals surface area contributed by atoms with Gasteiger partial charge in [-0.05, 0) is 6.42 Å². The van der Waals surface area contributed by atoms with Crippen molar-refractivity contribution in [2.75, 3.05) is 0 Å². The molecule has 17 heavy (non-hydrogen) atoms. The molecule has 7 nitrogen and oxygen atoms in total. The standard InChI is InChI=1S/C10H15N5O2/c1-2-3-5(11)4-6-12-7-8(13-6)14-10(17)15-9(7)16/h5H,2-4,11H2,1H3,(H3,12,13,14,15,16,17). The maximum atomic E-state index is 11.4. The van der Waals surface area contributed by atoms with Gasteiger partial charge in [-0.3, -0.25) is 14.8 Å². The first-order valence-corrected chi connectivity index (χ1v) is 5.57. The van der Waals surface area contributed by atoms with Crippen LogP contribution in [-0.4, -0.2) is 26.0 Å². The monoisotopic (exact) mass is 237 g/mol. The third kappa shape index (κ3) is 2.44. The van der Waals surface area contributed by atoms with Gasteiger partial charge in [-0.2, -0.15) is 0 Å². The van der Waals surface area contributed by atoms with E-state index in [2.05, 4.69) is 26.9 Å². The molecule has 0 saturated heterocycles. The van der Waals surface area contributed by atoms with Crippen molar-refractivity contribution >= 4 is 11.2 Å². The van der Waals surface area contributed by atoms with Crippen LogP contribution < -0.4 is 17.0 Å². The Morgan fingerprint density at radius 2 is 2.06 bits per heavy atom. The molecule has 0 spiro atoms. The van der Waals surface area contributed by atoms with Gasteiger partial charge in [0.2, 0.25) is 0 Å². The number of aromatic amines is 3. The summed E-state index contributed by atoms with van der Waals surface area (Å²) in [6, 6.07) is 0.00589. The van der Waals surface area contributed by atoms with E-state index >= 15 is 0 Å². The molecule has 0 bridgehead atoms. The molecule has 7 heteroatoms. The summed E-state index contributed by atoms with van der Waals surface area (Å²) in [5.74, 6) is 0.619. The van der Waals surface area contributed by atoms with E-state index in [4.69, 9.17) is 5.73 Å². The first-order chi connectivity index (χ1) is 8.10. The Balaban J connectivity index is 2.35. The number of nitrogens with zero attached hydrogens (tertiary/aromatic N) is 1. The number of nitrogens with one attached hydrogen (secondary N) is 3. The van der Waals surface area contributed by atoms with E-state index in [0.29, 0.717) is 12.2 Å². The molecule has 0 aromatic carbocycles. The summed E-state index contributed by atoms with van der Waals surface area (Å²) < 4.78 is 0. The molecule has 0 aliphatic carbocycles. The lowest BCUT2D eigenvalue weighted by atomic mass is 10.1. The van der Waals surface area contributed by atoms with Crippen LogP contribution in [0.1, 0.15) is 25.6 Å². The van der Waals surface area contributed by atoms with E-state index in [0.717, 1.165) is 12.8 Å². The molecule has 0 amide bonds. The highest BCUT2D eigenvalue weighted by Crippen LogP contribution is 2.05. The number of rotatable bonds is 4. The second-order valence-electron chi connectivity index (χ2n) is 4.07. The molecule has 5 N–H and O–H groups in total. The van der Waals surface area contributed by atoms with Crippen LogP contribution in [0.3, 0.4) is 0 Å². The highest BCUT2D eigenvalue weighted by Gasteiger charge is 2.10. The largest absolute Gasteiger partial charge is 0.336 e. The van der Waals surface area contributed by atoms with Crippen molar-refractivity contribution in [3.63, 3.8) is 0 Å². The maximum Gasteiger partial charge on any atom is 0.327 e. The fourth-order valence-corrected chi connectivity index (χ4v) is 1.80. The number of hydrogen-bond donors (Lipinski definition) is 4. The van der Waals surface area contributed by atoms with Crippen LogP contribution >= 0.6 is 0 Å². The molecule has 0 fully saturated rings. The summed E-state index contributed by atoms with van der Waals surface area (Å²) in [6.45, 7) is 2.06. The second kappa shape index (κ2) is 4.54. The number of hydrogen-bond acceptors (Lipinski definition) is 4. The van der Waals surface area contributed by atoms with Gasteiger partial charge in [0.1, 0.15) is 11.3 Å². The highest BCUT2D eigenvalue weighted by molar-refractivity contribution is 5.68. The average Bonchev–Trinajstić information content (AvgIpc) is 2.60. The average molecular weight is 237 g/mol. The first kappa shape index (κ1) is 11.6. The summed E-state index contributed by atoms with van der Waals surface area (Å²) in [4.78, 5) is 34.1. The van der Waals surface area contributed by atoms with E-state index in [-0.39, 0.29) is 17.2 Å². The molecule has 1 unspecified atom stereocenters. The summed E-state index contributed by atoms with van der Waals surface area (Å²) >= 11 is 0. The molecule has 2 heterocycles. The first-order valence-electron chi connectivity index (χ1n) is 5.57. The Morgan fingerprint density at radius 1 is 1.29 bits per heavy atom. The number of aromatic nitrogens is 4. The van der Waals surface area contributed by atoms with Gasteiger partial charge in [0, 0.05) is 12.5 Å². The van der Waals surface area contributed by atoms with Crippen LogP contribution in [0.5, 0.6) is 0 Å². The number of imidazole rings is 1. The van der Waals surface area contributed by atoms with Crippen LogP contribution in [0.4, 0.5) is 0 Å². The smallest absolute Gasteiger partial charge is 0.327 e. The van der Waals surface area contributed by atoms with Crippen molar-refractivity contribution in [3.05, 3.63) is 26.7 Å². The zero-order valence-electron chi connectivity index (χ0n) is 9.54. The van der Waals surface area contributed by atoms with Gasteiger partial charge in [0.05, 0.1) is 0 Å². The van der Waals surface area contributed by atoms with Crippen molar-refractivity contribution in [2.24, 2.45) is 5.73 Å². The topological polar surface area (TPSA) is 120 Å². The van der Waals surface area contributed by atoms with Crippen molar-refractivity contribution < 1.29 is 0 Å². The van der Waals surface area contributed by atoms with Gasteiger partial charge < -0.3 is 10.7 Å². The minimum atomic E-state index is -0.557. The third-order valence-electron chi connectivity index (χ3n) is 2.55. The van der Waals surface area contributed by atoms with E-state index in [1.165, 1.54) is 0 Å². The van der Waals surface area contributed by atoms with Crippen LogP contribution in [0.2, 0.25) is 0 Å². The van der Waals surface area contributed by atoms with Crippen molar-refractivity contribution in [3.8, 4) is 0 Å². The van der Waals surface area contributed by atoms with Gasteiger partial charge in [-0.25, -0.2) is 9.78 Å². The fourth-order valence-electron chi connectivity index (χ4n) is 1.80. The van der Waals surface area contributed by atoms with Crippen LogP contribution in [0.25, 0.3) is 11.2 Å². The Labute approximate surface area is 96.5 Å². The fraction of sp³-hybridized carbons (Fsp3) is 0.500. The lowest BCUT2D eigenvalue weighted by molar-refractivity contribution is 0.588. The van der Waals surface area contributed by atoms with Crippen LogP contribution in [-0.2, 0) is 6.42 Å². The lowest BCUT2D eigenvalue weighted by Crippen LogP contribution is -2.23. The minimum Gasteiger partial charge on any atom is -0.336 e. The molecule has 92 valence electrons. The Hall–Kier alpha value is -1.89. The van der Waals surface area contributed by atoms with E-state index in [1.807, 2.05) is 0 Å². The van der Waals surface area contributed by atoms with Crippen molar-refractivity contribution in [2.45, 2.75) is 32.2 Å². The zero-order chi connectivity index (χ0) is 12.4. The van der Waals surface area contributed by atoms with Gasteiger partial charge in [0.25, 0.3) is 5.56 Å². The quantitative estimate of drug-likeness (QED) is 0.578. The van der Waals surface area contributed by atoms with Crippen molar-refractivity contribution in [1.82, 2.24) is 19.9 Å². The highest BCUT2D eigenvalue weighted by atomic mass is 16.2. The van der Waals surface area contributed by atoms with Gasteiger partial charge in [-0.15, -0.1) is 0 Å². The molecule has 2 aromatic heterocycles. The maximum absolute atomic E-state index is 11.4. The SMILES string of the molecule is CCCC(N)Cc1nc2[nH]c(=O)[nH]c(=O)c2[nH]1. The normalized spacial score (nSPS) is 13.1. The van der Waals surface area contributed by atoms with Crippen LogP contribution in [0, 0.1) is 0 Å². The molecule has 2 rings (SSSR count). The number of fused-ring (bicyclic) bond motifs is 1. The predicted molar refractivity (Wildman–Crippen MR) is 63.9 cm³/mol. The molecular weight excluding hydrogens is 222 g/mol. The zero-order valence-corrected chi connectivity index (χ0v) is 9.54. The van der Waals surface area contributed by atoms with E-state index in [1.54, 1.807) is 0 Å². The van der Waals surface area contributed by atoms with Crippen LogP contribution in [0.15, 0.2) is 9.59 Å². The molecule has 0 aliphatic rings. The summed E-state index contributed by atoms with van der Waals surface area (Å²) in [7, 11) is 0. The predicted octanol–water partition coefficient (Wildman–Crippen LogP) is -0.391. The van der Waals surface area contributed by atoms with Gasteiger partial charge in [0.15, 0.2) is 5.65 Å². The molecule has 0 saturated carbocycles. The number of nitrogens with two attached hydrogens (primary N) is 1. The third-order valence-corrected chi connectivity index (χ3v) is 2.55. The molecule has 0 radical (unpaired) electrons. The summed E-state index contributed by atoms with van der Waals surface area (Å²) in [5.41, 5.74) is 5.42. The Bertz CT molecular complexity index is 623. The summed E-state index contributed by atoms with van der Waals surface area (Å²) in [6.07, 6.45) is 2.45. The van der Waals surface area contributed by atoms with Gasteiger partial charge >= 0.3 is 5.69 Å². The lowest BCUT2D eigenvalue weighted by Gasteiger charge is -2.06. The van der Waals surface area contributed by atoms with Crippen molar-refractivity contribution in [1.29, 1.82) is 0 Å². The molecule has 2 aromatic rings. The second-order valence-corrected chi connectivity index (χ2v) is 4.07. The van der Waals surface area contributed by atoms with E-state index < -0.39 is 11.2 Å². The van der Waals surface area contributed by atoms with E-state index in [9.17, 15) is 9.59 Å². The summed E-state index contributed by atoms with van der Waals surface area (Å²) in [5, 5.41) is 0. The molecular formula is C10H15N5O2. The Kier molecular flexibility index (Phi) is 3.10. The minimum absolute atomic E-state index is 0.00589. The Morgan fingerprint density at radius 3 is 2.76 bits per heavy atom. The van der Waals surface area contributed by atoms with Gasteiger partial charge in [-0.1, -0.05) is 13.3 Å². The molecule has 0 aliphatic heterocycles.